The highest BCUT2D eigenvalue weighted by Crippen LogP contribution is 2.29. The van der Waals surface area contributed by atoms with Crippen LogP contribution in [0.4, 0.5) is 13.2 Å². The van der Waals surface area contributed by atoms with Crippen molar-refractivity contribution in [2.24, 2.45) is 0 Å². The SMILES string of the molecule is CC(CCl)N(C)C(=O)c1cccc(C(F)(F)F)c1. The number of nitrogens with zero attached hydrogens (tertiary/aromatic N) is 1. The van der Waals surface area contributed by atoms with E-state index < -0.39 is 17.6 Å². The molecule has 0 aliphatic rings. The van der Waals surface area contributed by atoms with Gasteiger partial charge in [-0.15, -0.1) is 11.6 Å². The van der Waals surface area contributed by atoms with Crippen LogP contribution in [-0.2, 0) is 6.18 Å². The minimum Gasteiger partial charge on any atom is -0.338 e. The van der Waals surface area contributed by atoms with Gasteiger partial charge in [-0.2, -0.15) is 13.2 Å². The zero-order chi connectivity index (χ0) is 13.9. The van der Waals surface area contributed by atoms with Crippen LogP contribution in [0.25, 0.3) is 0 Å². The van der Waals surface area contributed by atoms with E-state index in [1.807, 2.05) is 0 Å². The van der Waals surface area contributed by atoms with Crippen molar-refractivity contribution in [1.29, 1.82) is 0 Å². The number of hydrogen-bond donors (Lipinski definition) is 0. The highest BCUT2D eigenvalue weighted by atomic mass is 35.5. The predicted octanol–water partition coefficient (Wildman–Crippen LogP) is 3.40. The Morgan fingerprint density at radius 1 is 1.44 bits per heavy atom. The molecule has 1 atom stereocenters. The third kappa shape index (κ3) is 3.38. The van der Waals surface area contributed by atoms with Crippen molar-refractivity contribution < 1.29 is 18.0 Å². The Bertz CT molecular complexity index is 434. The molecule has 1 rings (SSSR count). The normalized spacial score (nSPS) is 13.2. The van der Waals surface area contributed by atoms with E-state index in [0.717, 1.165) is 12.1 Å². The molecule has 1 aromatic carbocycles. The fourth-order valence-electron chi connectivity index (χ4n) is 1.34. The second kappa shape index (κ2) is 5.61. The molecule has 0 fully saturated rings. The Kier molecular flexibility index (Phi) is 4.62. The molecular formula is C12H13ClF3NO. The first-order valence-corrected chi connectivity index (χ1v) is 5.81. The highest BCUT2D eigenvalue weighted by molar-refractivity contribution is 6.18. The number of halogens is 4. The van der Waals surface area contributed by atoms with E-state index in [2.05, 4.69) is 0 Å². The topological polar surface area (TPSA) is 20.3 Å². The fraction of sp³-hybridized carbons (Fsp3) is 0.417. The molecule has 0 aliphatic heterocycles. The molecule has 0 N–H and O–H groups in total. The van der Waals surface area contributed by atoms with Gasteiger partial charge in [0.2, 0.25) is 0 Å². The summed E-state index contributed by atoms with van der Waals surface area (Å²) in [6, 6.07) is 4.11. The van der Waals surface area contributed by atoms with Crippen molar-refractivity contribution in [3.8, 4) is 0 Å². The summed E-state index contributed by atoms with van der Waals surface area (Å²) in [7, 11) is 1.51. The van der Waals surface area contributed by atoms with E-state index >= 15 is 0 Å². The van der Waals surface area contributed by atoms with Crippen molar-refractivity contribution in [2.75, 3.05) is 12.9 Å². The lowest BCUT2D eigenvalue weighted by Crippen LogP contribution is -2.36. The Morgan fingerprint density at radius 3 is 2.56 bits per heavy atom. The molecular weight excluding hydrogens is 267 g/mol. The average molecular weight is 280 g/mol. The fourth-order valence-corrected chi connectivity index (χ4v) is 1.54. The minimum absolute atomic E-state index is 0.00397. The smallest absolute Gasteiger partial charge is 0.338 e. The summed E-state index contributed by atoms with van der Waals surface area (Å²) in [6.45, 7) is 1.72. The molecule has 1 aromatic rings. The van der Waals surface area contributed by atoms with Crippen molar-refractivity contribution in [3.05, 3.63) is 35.4 Å². The largest absolute Gasteiger partial charge is 0.416 e. The van der Waals surface area contributed by atoms with Gasteiger partial charge in [0.1, 0.15) is 0 Å². The summed E-state index contributed by atoms with van der Waals surface area (Å²) in [5.74, 6) is -0.254. The number of alkyl halides is 4. The standard InChI is InChI=1S/C12H13ClF3NO/c1-8(7-13)17(2)11(18)9-4-3-5-10(6-9)12(14,15)16/h3-6,8H,7H2,1-2H3. The molecule has 1 unspecified atom stereocenters. The van der Waals surface area contributed by atoms with E-state index in [1.54, 1.807) is 6.92 Å². The molecule has 6 heteroatoms. The van der Waals surface area contributed by atoms with Crippen LogP contribution in [-0.4, -0.2) is 29.8 Å². The first-order valence-electron chi connectivity index (χ1n) is 5.27. The molecule has 0 radical (unpaired) electrons. The zero-order valence-corrected chi connectivity index (χ0v) is 10.7. The van der Waals surface area contributed by atoms with Gasteiger partial charge in [0.25, 0.3) is 5.91 Å². The van der Waals surface area contributed by atoms with Crippen molar-refractivity contribution in [2.45, 2.75) is 19.1 Å². The van der Waals surface area contributed by atoms with Crippen molar-refractivity contribution in [1.82, 2.24) is 4.90 Å². The molecule has 0 bridgehead atoms. The van der Waals surface area contributed by atoms with Crippen LogP contribution < -0.4 is 0 Å². The van der Waals surface area contributed by atoms with Crippen LogP contribution in [0.2, 0.25) is 0 Å². The van der Waals surface area contributed by atoms with Crippen LogP contribution >= 0.6 is 11.6 Å². The Balaban J connectivity index is 3.01. The van der Waals surface area contributed by atoms with Gasteiger partial charge in [-0.25, -0.2) is 0 Å². The van der Waals surface area contributed by atoms with Gasteiger partial charge >= 0.3 is 6.18 Å². The van der Waals surface area contributed by atoms with E-state index in [0.29, 0.717) is 0 Å². The number of benzene rings is 1. The maximum Gasteiger partial charge on any atom is 0.416 e. The maximum atomic E-state index is 12.5. The predicted molar refractivity (Wildman–Crippen MR) is 63.7 cm³/mol. The van der Waals surface area contributed by atoms with E-state index in [9.17, 15) is 18.0 Å². The molecule has 0 heterocycles. The lowest BCUT2D eigenvalue weighted by molar-refractivity contribution is -0.137. The monoisotopic (exact) mass is 279 g/mol. The van der Waals surface area contributed by atoms with E-state index in [-0.39, 0.29) is 17.5 Å². The molecule has 0 saturated carbocycles. The van der Waals surface area contributed by atoms with Crippen molar-refractivity contribution in [3.63, 3.8) is 0 Å². The number of rotatable bonds is 3. The molecule has 0 saturated heterocycles. The molecule has 1 amide bonds. The number of carbonyl (C=O) groups excluding carboxylic acids is 1. The van der Waals surface area contributed by atoms with Crippen LogP contribution in [0.3, 0.4) is 0 Å². The van der Waals surface area contributed by atoms with Crippen molar-refractivity contribution >= 4 is 17.5 Å². The third-order valence-corrected chi connectivity index (χ3v) is 3.09. The summed E-state index contributed by atoms with van der Waals surface area (Å²) < 4.78 is 37.5. The van der Waals surface area contributed by atoms with Gasteiger partial charge in [-0.05, 0) is 25.1 Å². The molecule has 0 aromatic heterocycles. The molecule has 18 heavy (non-hydrogen) atoms. The molecule has 0 aliphatic carbocycles. The Hall–Kier alpha value is -1.23. The maximum absolute atomic E-state index is 12.5. The Labute approximate surface area is 108 Å². The number of hydrogen-bond acceptors (Lipinski definition) is 1. The van der Waals surface area contributed by atoms with Gasteiger partial charge in [-0.1, -0.05) is 6.07 Å². The summed E-state index contributed by atoms with van der Waals surface area (Å²) in [6.07, 6.45) is -4.45. The zero-order valence-electron chi connectivity index (χ0n) is 9.96. The van der Waals surface area contributed by atoms with Crippen LogP contribution in [0.5, 0.6) is 0 Å². The van der Waals surface area contributed by atoms with Crippen LogP contribution in [0, 0.1) is 0 Å². The molecule has 100 valence electrons. The Morgan fingerprint density at radius 2 is 2.06 bits per heavy atom. The average Bonchev–Trinajstić information content (AvgIpc) is 2.35. The molecule has 0 spiro atoms. The highest BCUT2D eigenvalue weighted by Gasteiger charge is 2.31. The summed E-state index contributed by atoms with van der Waals surface area (Å²) in [4.78, 5) is 13.2. The molecule has 2 nitrogen and oxygen atoms in total. The minimum atomic E-state index is -4.45. The van der Waals surface area contributed by atoms with Gasteiger partial charge in [0.05, 0.1) is 5.56 Å². The lowest BCUT2D eigenvalue weighted by Gasteiger charge is -2.23. The second-order valence-corrected chi connectivity index (χ2v) is 4.31. The lowest BCUT2D eigenvalue weighted by atomic mass is 10.1. The van der Waals surface area contributed by atoms with Gasteiger partial charge in [-0.3, -0.25) is 4.79 Å². The summed E-state index contributed by atoms with van der Waals surface area (Å²) in [5, 5.41) is 0. The quantitative estimate of drug-likeness (QED) is 0.777. The van der Waals surface area contributed by atoms with E-state index in [4.69, 9.17) is 11.6 Å². The second-order valence-electron chi connectivity index (χ2n) is 4.00. The third-order valence-electron chi connectivity index (χ3n) is 2.64. The van der Waals surface area contributed by atoms with Gasteiger partial charge in [0, 0.05) is 24.5 Å². The first-order chi connectivity index (χ1) is 8.27. The van der Waals surface area contributed by atoms with Gasteiger partial charge in [0.15, 0.2) is 0 Å². The summed E-state index contributed by atoms with van der Waals surface area (Å²) in [5.41, 5.74) is -0.829. The number of carbonyl (C=O) groups is 1. The first kappa shape index (κ1) is 14.8. The van der Waals surface area contributed by atoms with E-state index in [1.165, 1.54) is 24.1 Å². The van der Waals surface area contributed by atoms with Crippen LogP contribution in [0.1, 0.15) is 22.8 Å². The summed E-state index contributed by atoms with van der Waals surface area (Å²) >= 11 is 5.61. The van der Waals surface area contributed by atoms with Gasteiger partial charge < -0.3 is 4.90 Å². The number of amides is 1. The van der Waals surface area contributed by atoms with Crippen LogP contribution in [0.15, 0.2) is 24.3 Å².